The van der Waals surface area contributed by atoms with E-state index in [1.54, 1.807) is 18.2 Å². The van der Waals surface area contributed by atoms with Crippen LogP contribution in [-0.2, 0) is 0 Å². The van der Waals surface area contributed by atoms with Gasteiger partial charge in [0.25, 0.3) is 0 Å². The van der Waals surface area contributed by atoms with Gasteiger partial charge in [-0.15, -0.1) is 0 Å². The van der Waals surface area contributed by atoms with Gasteiger partial charge in [0.2, 0.25) is 0 Å². The van der Waals surface area contributed by atoms with Gasteiger partial charge in [0.15, 0.2) is 5.17 Å². The number of halogens is 2. The summed E-state index contributed by atoms with van der Waals surface area (Å²) in [6.45, 7) is 2.41. The van der Waals surface area contributed by atoms with Crippen molar-refractivity contribution in [2.75, 3.05) is 6.61 Å². The van der Waals surface area contributed by atoms with Crippen LogP contribution in [-0.4, -0.2) is 17.0 Å². The van der Waals surface area contributed by atoms with E-state index in [0.717, 1.165) is 0 Å². The predicted molar refractivity (Wildman–Crippen MR) is 56.8 cm³/mol. The third kappa shape index (κ3) is 2.53. The fourth-order valence-electron chi connectivity index (χ4n) is 0.959. The Morgan fingerprint density at radius 2 is 2.29 bits per heavy atom. The zero-order valence-electron chi connectivity index (χ0n) is 7.50. The number of ether oxygens (including phenoxy) is 1. The number of benzene rings is 1. The fraction of sp³-hybridized carbons (Fsp3) is 0.222. The average molecular weight is 234 g/mol. The maximum atomic E-state index is 8.43. The minimum Gasteiger partial charge on any atom is -0.492 e. The molecule has 0 heterocycles. The number of rotatable bonds is 3. The molecule has 0 amide bonds. The van der Waals surface area contributed by atoms with E-state index in [1.165, 1.54) is 0 Å². The van der Waals surface area contributed by atoms with Crippen LogP contribution in [0.4, 0.5) is 0 Å². The van der Waals surface area contributed by atoms with Gasteiger partial charge in [-0.2, -0.15) is 0 Å². The number of nitrogens with zero attached hydrogens (tertiary/aromatic N) is 1. The van der Waals surface area contributed by atoms with Crippen LogP contribution in [0.3, 0.4) is 0 Å². The largest absolute Gasteiger partial charge is 0.492 e. The highest BCUT2D eigenvalue weighted by atomic mass is 35.5. The number of oxime groups is 1. The quantitative estimate of drug-likeness (QED) is 0.496. The number of hydrogen-bond donors (Lipinski definition) is 1. The van der Waals surface area contributed by atoms with Gasteiger partial charge < -0.3 is 9.94 Å². The zero-order valence-corrected chi connectivity index (χ0v) is 9.01. The Morgan fingerprint density at radius 3 is 2.79 bits per heavy atom. The smallest absolute Gasteiger partial charge is 0.175 e. The van der Waals surface area contributed by atoms with Crippen LogP contribution in [0.5, 0.6) is 5.75 Å². The normalized spacial score (nSPS) is 11.5. The lowest BCUT2D eigenvalue weighted by atomic mass is 10.2. The summed E-state index contributed by atoms with van der Waals surface area (Å²) < 4.78 is 5.23. The van der Waals surface area contributed by atoms with E-state index >= 15 is 0 Å². The first kappa shape index (κ1) is 11.1. The fourth-order valence-corrected chi connectivity index (χ4v) is 1.31. The lowest BCUT2D eigenvalue weighted by Gasteiger charge is -2.06. The van der Waals surface area contributed by atoms with Gasteiger partial charge in [0.05, 0.1) is 11.6 Å². The van der Waals surface area contributed by atoms with Crippen LogP contribution < -0.4 is 4.74 Å². The van der Waals surface area contributed by atoms with Gasteiger partial charge >= 0.3 is 0 Å². The molecule has 0 spiro atoms. The molecule has 0 aromatic heterocycles. The molecule has 76 valence electrons. The number of hydrogen-bond acceptors (Lipinski definition) is 3. The SMILES string of the molecule is CCOc1ccc(C(Cl)=NO)cc1Cl. The van der Waals surface area contributed by atoms with Crippen molar-refractivity contribution in [1.29, 1.82) is 0 Å². The van der Waals surface area contributed by atoms with Crippen LogP contribution in [0.25, 0.3) is 0 Å². The molecule has 1 aromatic rings. The van der Waals surface area contributed by atoms with Crippen molar-refractivity contribution in [3.05, 3.63) is 28.8 Å². The van der Waals surface area contributed by atoms with E-state index < -0.39 is 0 Å². The molecule has 0 fully saturated rings. The highest BCUT2D eigenvalue weighted by Gasteiger charge is 2.05. The standard InChI is InChI=1S/C9H9Cl2NO2/c1-2-14-8-4-3-6(5-7(8)10)9(11)12-13/h3-5,13H,2H2,1H3. The monoisotopic (exact) mass is 233 g/mol. The topological polar surface area (TPSA) is 41.8 Å². The van der Waals surface area contributed by atoms with E-state index in [9.17, 15) is 0 Å². The predicted octanol–water partition coefficient (Wildman–Crippen LogP) is 3.11. The van der Waals surface area contributed by atoms with Crippen molar-refractivity contribution in [3.63, 3.8) is 0 Å². The summed E-state index contributed by atoms with van der Waals surface area (Å²) in [5.74, 6) is 0.584. The molecular formula is C9H9Cl2NO2. The molecule has 1 N–H and O–H groups in total. The van der Waals surface area contributed by atoms with Crippen LogP contribution in [0, 0.1) is 0 Å². The van der Waals surface area contributed by atoms with Crippen LogP contribution in [0.1, 0.15) is 12.5 Å². The minimum atomic E-state index is -0.00468. The van der Waals surface area contributed by atoms with Crippen LogP contribution in [0.15, 0.2) is 23.4 Å². The summed E-state index contributed by atoms with van der Waals surface area (Å²) in [5.41, 5.74) is 0.544. The Bertz CT molecular complexity index is 353. The van der Waals surface area contributed by atoms with Gasteiger partial charge in [0.1, 0.15) is 5.75 Å². The second kappa shape index (κ2) is 5.08. The summed E-state index contributed by atoms with van der Waals surface area (Å²) in [6.07, 6.45) is 0. The summed E-state index contributed by atoms with van der Waals surface area (Å²) in [5, 5.41) is 11.7. The molecule has 0 unspecified atom stereocenters. The van der Waals surface area contributed by atoms with Crippen LogP contribution >= 0.6 is 23.2 Å². The molecule has 3 nitrogen and oxygen atoms in total. The summed E-state index contributed by atoms with van der Waals surface area (Å²) in [6, 6.07) is 4.92. The third-order valence-electron chi connectivity index (χ3n) is 1.56. The Morgan fingerprint density at radius 1 is 1.57 bits per heavy atom. The maximum absolute atomic E-state index is 8.43. The first-order valence-corrected chi connectivity index (χ1v) is 4.75. The zero-order chi connectivity index (χ0) is 10.6. The molecular weight excluding hydrogens is 225 g/mol. The molecule has 1 aromatic carbocycles. The molecule has 0 aliphatic rings. The van der Waals surface area contributed by atoms with Gasteiger partial charge in [-0.25, -0.2) is 0 Å². The first-order valence-electron chi connectivity index (χ1n) is 3.99. The molecule has 0 saturated carbocycles. The summed E-state index contributed by atoms with van der Waals surface area (Å²) in [7, 11) is 0. The van der Waals surface area contributed by atoms with Crippen molar-refractivity contribution in [1.82, 2.24) is 0 Å². The second-order valence-electron chi connectivity index (χ2n) is 2.47. The molecule has 0 aliphatic carbocycles. The van der Waals surface area contributed by atoms with E-state index in [-0.39, 0.29) is 5.17 Å². The van der Waals surface area contributed by atoms with E-state index in [0.29, 0.717) is 22.9 Å². The van der Waals surface area contributed by atoms with Crippen molar-refractivity contribution in [3.8, 4) is 5.75 Å². The van der Waals surface area contributed by atoms with Crippen molar-refractivity contribution in [2.24, 2.45) is 5.16 Å². The Kier molecular flexibility index (Phi) is 4.04. The van der Waals surface area contributed by atoms with Crippen LogP contribution in [0.2, 0.25) is 5.02 Å². The Balaban J connectivity index is 3.00. The molecule has 0 aliphatic heterocycles. The third-order valence-corrected chi connectivity index (χ3v) is 2.15. The first-order chi connectivity index (χ1) is 6.69. The molecule has 5 heteroatoms. The molecule has 0 saturated heterocycles. The van der Waals surface area contributed by atoms with Gasteiger partial charge in [-0.3, -0.25) is 0 Å². The minimum absolute atomic E-state index is 0.00468. The summed E-state index contributed by atoms with van der Waals surface area (Å²) >= 11 is 11.5. The van der Waals surface area contributed by atoms with Gasteiger partial charge in [-0.05, 0) is 25.1 Å². The lowest BCUT2D eigenvalue weighted by Crippen LogP contribution is -1.95. The van der Waals surface area contributed by atoms with E-state index in [1.807, 2.05) is 6.92 Å². The lowest BCUT2D eigenvalue weighted by molar-refractivity contribution is 0.320. The average Bonchev–Trinajstić information content (AvgIpc) is 2.20. The molecule has 0 radical (unpaired) electrons. The van der Waals surface area contributed by atoms with Gasteiger partial charge in [0, 0.05) is 5.56 Å². The van der Waals surface area contributed by atoms with E-state index in [4.69, 9.17) is 33.1 Å². The second-order valence-corrected chi connectivity index (χ2v) is 3.23. The van der Waals surface area contributed by atoms with E-state index in [2.05, 4.69) is 5.16 Å². The Hall–Kier alpha value is -0.930. The Labute approximate surface area is 91.9 Å². The highest BCUT2D eigenvalue weighted by molar-refractivity contribution is 6.69. The maximum Gasteiger partial charge on any atom is 0.175 e. The van der Waals surface area contributed by atoms with Crippen molar-refractivity contribution < 1.29 is 9.94 Å². The van der Waals surface area contributed by atoms with Crippen molar-refractivity contribution >= 4 is 28.4 Å². The highest BCUT2D eigenvalue weighted by Crippen LogP contribution is 2.26. The summed E-state index contributed by atoms with van der Waals surface area (Å²) in [4.78, 5) is 0. The molecule has 1 rings (SSSR count). The molecule has 0 atom stereocenters. The van der Waals surface area contributed by atoms with Crippen molar-refractivity contribution in [2.45, 2.75) is 6.92 Å². The van der Waals surface area contributed by atoms with Gasteiger partial charge in [-0.1, -0.05) is 28.4 Å². The molecule has 14 heavy (non-hydrogen) atoms. The molecule has 0 bridgehead atoms.